The molecule has 1 fully saturated rings. The van der Waals surface area contributed by atoms with E-state index in [-0.39, 0.29) is 0 Å². The molecule has 3 rings (SSSR count). The molecular formula is C19H28N4O. The zero-order chi connectivity index (χ0) is 16.9. The van der Waals surface area contributed by atoms with Crippen LogP contribution in [0.4, 0.5) is 5.69 Å². The maximum Gasteiger partial charge on any atom is 0.119 e. The Balaban J connectivity index is 1.47. The summed E-state index contributed by atoms with van der Waals surface area (Å²) in [5.74, 6) is 0.918. The quantitative estimate of drug-likeness (QED) is 0.831. The molecule has 24 heavy (non-hydrogen) atoms. The van der Waals surface area contributed by atoms with Crippen LogP contribution in [0.5, 0.6) is 5.75 Å². The molecule has 0 bridgehead atoms. The lowest BCUT2D eigenvalue weighted by atomic mass is 10.1. The van der Waals surface area contributed by atoms with Crippen LogP contribution in [0.3, 0.4) is 0 Å². The van der Waals surface area contributed by atoms with Gasteiger partial charge in [-0.1, -0.05) is 0 Å². The molecule has 0 atom stereocenters. The topological polar surface area (TPSA) is 31.3 Å². The van der Waals surface area contributed by atoms with Crippen LogP contribution in [0.25, 0.3) is 0 Å². The Morgan fingerprint density at radius 3 is 2.46 bits per heavy atom. The van der Waals surface area contributed by atoms with Gasteiger partial charge in [-0.25, -0.2) is 4.99 Å². The lowest BCUT2D eigenvalue weighted by Crippen LogP contribution is -2.46. The molecule has 0 radical (unpaired) electrons. The number of piperazine rings is 1. The lowest BCUT2D eigenvalue weighted by Gasteiger charge is -2.36. The minimum absolute atomic E-state index is 0.918. The highest BCUT2D eigenvalue weighted by atomic mass is 16.5. The maximum absolute atomic E-state index is 5.23. The lowest BCUT2D eigenvalue weighted by molar-refractivity contribution is 0.259. The Bertz CT molecular complexity index is 600. The Kier molecular flexibility index (Phi) is 5.41. The summed E-state index contributed by atoms with van der Waals surface area (Å²) in [6, 6.07) is 8.38. The van der Waals surface area contributed by atoms with Crippen LogP contribution in [-0.4, -0.2) is 69.6 Å². The highest BCUT2D eigenvalue weighted by molar-refractivity contribution is 5.59. The highest BCUT2D eigenvalue weighted by Gasteiger charge is 2.18. The molecule has 0 aliphatic carbocycles. The van der Waals surface area contributed by atoms with Gasteiger partial charge >= 0.3 is 0 Å². The van der Waals surface area contributed by atoms with Crippen LogP contribution in [0.2, 0.25) is 0 Å². The van der Waals surface area contributed by atoms with Gasteiger partial charge in [-0.2, -0.15) is 0 Å². The standard InChI is InChI=1S/C19H28N4O/c1-16-17(14-21(2)15-20-16)8-9-22-10-12-23(13-11-22)18-4-6-19(24-3)7-5-18/h4-7,15H,8-14H2,1-3H3. The van der Waals surface area contributed by atoms with Crippen molar-refractivity contribution < 1.29 is 4.74 Å². The number of aliphatic imine (C=N–C) groups is 1. The van der Waals surface area contributed by atoms with Gasteiger partial charge in [0.25, 0.3) is 0 Å². The number of ether oxygens (including phenoxy) is 1. The molecule has 0 amide bonds. The Hall–Kier alpha value is -2.01. The Morgan fingerprint density at radius 1 is 1.08 bits per heavy atom. The molecule has 1 aromatic carbocycles. The minimum Gasteiger partial charge on any atom is -0.497 e. The van der Waals surface area contributed by atoms with Crippen molar-refractivity contribution in [3.05, 3.63) is 35.5 Å². The molecule has 0 saturated carbocycles. The summed E-state index contributed by atoms with van der Waals surface area (Å²) < 4.78 is 5.23. The molecule has 2 heterocycles. The molecule has 1 saturated heterocycles. The molecule has 1 aromatic rings. The van der Waals surface area contributed by atoms with E-state index in [1.165, 1.54) is 17.0 Å². The number of nitrogens with zero attached hydrogens (tertiary/aromatic N) is 4. The minimum atomic E-state index is 0.918. The molecule has 0 aromatic heterocycles. The number of rotatable bonds is 5. The van der Waals surface area contributed by atoms with Crippen LogP contribution in [0, 0.1) is 0 Å². The van der Waals surface area contributed by atoms with E-state index in [9.17, 15) is 0 Å². The van der Waals surface area contributed by atoms with E-state index in [0.29, 0.717) is 0 Å². The van der Waals surface area contributed by atoms with Crippen molar-refractivity contribution in [3.8, 4) is 5.75 Å². The van der Waals surface area contributed by atoms with Crippen molar-refractivity contribution in [2.45, 2.75) is 13.3 Å². The predicted octanol–water partition coefficient (Wildman–Crippen LogP) is 2.46. The molecule has 5 heteroatoms. The van der Waals surface area contributed by atoms with Gasteiger partial charge in [-0.05, 0) is 43.2 Å². The monoisotopic (exact) mass is 328 g/mol. The third-order valence-corrected chi connectivity index (χ3v) is 4.94. The molecule has 2 aliphatic heterocycles. The molecule has 5 nitrogen and oxygen atoms in total. The molecule has 0 N–H and O–H groups in total. The third-order valence-electron chi connectivity index (χ3n) is 4.94. The van der Waals surface area contributed by atoms with E-state index in [4.69, 9.17) is 4.74 Å². The predicted molar refractivity (Wildman–Crippen MR) is 100 cm³/mol. The number of hydrogen-bond donors (Lipinski definition) is 0. The van der Waals surface area contributed by atoms with Gasteiger partial charge in [0, 0.05) is 57.7 Å². The van der Waals surface area contributed by atoms with Crippen molar-refractivity contribution >= 4 is 12.0 Å². The van der Waals surface area contributed by atoms with Crippen LogP contribution in [0.1, 0.15) is 13.3 Å². The largest absolute Gasteiger partial charge is 0.497 e. The van der Waals surface area contributed by atoms with Gasteiger partial charge in [-0.15, -0.1) is 0 Å². The first kappa shape index (κ1) is 16.8. The van der Waals surface area contributed by atoms with Gasteiger partial charge in [0.05, 0.1) is 13.4 Å². The third kappa shape index (κ3) is 4.09. The van der Waals surface area contributed by atoms with E-state index in [1.54, 1.807) is 7.11 Å². The fourth-order valence-electron chi connectivity index (χ4n) is 3.31. The van der Waals surface area contributed by atoms with Crippen molar-refractivity contribution in [1.82, 2.24) is 9.80 Å². The molecular weight excluding hydrogens is 300 g/mol. The van der Waals surface area contributed by atoms with Crippen LogP contribution >= 0.6 is 0 Å². The summed E-state index contributed by atoms with van der Waals surface area (Å²) in [5, 5.41) is 0. The second-order valence-corrected chi connectivity index (χ2v) is 6.63. The molecule has 2 aliphatic rings. The summed E-state index contributed by atoms with van der Waals surface area (Å²) in [6.45, 7) is 8.69. The van der Waals surface area contributed by atoms with Crippen LogP contribution in [-0.2, 0) is 0 Å². The summed E-state index contributed by atoms with van der Waals surface area (Å²) in [6.07, 6.45) is 3.04. The van der Waals surface area contributed by atoms with Crippen molar-refractivity contribution in [2.75, 3.05) is 58.3 Å². The molecule has 130 valence electrons. The SMILES string of the molecule is COc1ccc(N2CCN(CCC3=C(C)N=CN(C)C3)CC2)cc1. The number of allylic oxidation sites excluding steroid dienone is 1. The number of likely N-dealkylation sites (N-methyl/N-ethyl adjacent to an activating group) is 1. The zero-order valence-electron chi connectivity index (χ0n) is 15.0. The second kappa shape index (κ2) is 7.71. The van der Waals surface area contributed by atoms with Crippen molar-refractivity contribution in [3.63, 3.8) is 0 Å². The first-order valence-electron chi connectivity index (χ1n) is 8.70. The van der Waals surface area contributed by atoms with Gasteiger partial charge < -0.3 is 14.5 Å². The van der Waals surface area contributed by atoms with Crippen LogP contribution in [0.15, 0.2) is 40.5 Å². The fourth-order valence-corrected chi connectivity index (χ4v) is 3.31. The summed E-state index contributed by atoms with van der Waals surface area (Å²) in [5.41, 5.74) is 3.96. The summed E-state index contributed by atoms with van der Waals surface area (Å²) in [7, 11) is 3.80. The van der Waals surface area contributed by atoms with E-state index in [0.717, 1.165) is 51.4 Å². The second-order valence-electron chi connectivity index (χ2n) is 6.63. The first-order valence-corrected chi connectivity index (χ1v) is 8.70. The number of hydrogen-bond acceptors (Lipinski definition) is 5. The average Bonchev–Trinajstić information content (AvgIpc) is 2.63. The van der Waals surface area contributed by atoms with Gasteiger partial charge in [0.1, 0.15) is 5.75 Å². The molecule has 0 unspecified atom stereocenters. The Labute approximate surface area is 145 Å². The van der Waals surface area contributed by atoms with Crippen LogP contribution < -0.4 is 9.64 Å². The summed E-state index contributed by atoms with van der Waals surface area (Å²) >= 11 is 0. The van der Waals surface area contributed by atoms with Gasteiger partial charge in [-0.3, -0.25) is 4.90 Å². The van der Waals surface area contributed by atoms with E-state index in [1.807, 2.05) is 18.5 Å². The van der Waals surface area contributed by atoms with E-state index in [2.05, 4.69) is 45.8 Å². The number of benzene rings is 1. The van der Waals surface area contributed by atoms with Gasteiger partial charge in [0.15, 0.2) is 0 Å². The van der Waals surface area contributed by atoms with Crippen molar-refractivity contribution in [2.24, 2.45) is 4.99 Å². The zero-order valence-corrected chi connectivity index (χ0v) is 15.0. The highest BCUT2D eigenvalue weighted by Crippen LogP contribution is 2.21. The molecule has 0 spiro atoms. The smallest absolute Gasteiger partial charge is 0.119 e. The average molecular weight is 328 g/mol. The normalized spacial score (nSPS) is 19.1. The first-order chi connectivity index (χ1) is 11.7. The van der Waals surface area contributed by atoms with E-state index < -0.39 is 0 Å². The number of methoxy groups -OCH3 is 1. The summed E-state index contributed by atoms with van der Waals surface area (Å²) in [4.78, 5) is 11.6. The maximum atomic E-state index is 5.23. The van der Waals surface area contributed by atoms with Crippen molar-refractivity contribution in [1.29, 1.82) is 0 Å². The Morgan fingerprint density at radius 2 is 1.79 bits per heavy atom. The van der Waals surface area contributed by atoms with E-state index >= 15 is 0 Å². The number of anilines is 1. The van der Waals surface area contributed by atoms with Gasteiger partial charge in [0.2, 0.25) is 0 Å². The fraction of sp³-hybridized carbons (Fsp3) is 0.526.